The number of thiophene rings is 1. The fourth-order valence-electron chi connectivity index (χ4n) is 6.02. The van der Waals surface area contributed by atoms with Crippen molar-refractivity contribution in [2.75, 3.05) is 4.90 Å². The number of rotatable bonds is 6. The van der Waals surface area contributed by atoms with Crippen LogP contribution in [0.15, 0.2) is 176 Å². The van der Waals surface area contributed by atoms with Crippen molar-refractivity contribution in [2.24, 2.45) is 0 Å². The molecular formula is C42H29NS. The van der Waals surface area contributed by atoms with Gasteiger partial charge in [0.15, 0.2) is 0 Å². The largest absolute Gasteiger partial charge is 0.310 e. The highest BCUT2D eigenvalue weighted by Gasteiger charge is 2.15. The summed E-state index contributed by atoms with van der Waals surface area (Å²) in [5.41, 5.74) is 10.7. The quantitative estimate of drug-likeness (QED) is 0.189. The lowest BCUT2D eigenvalue weighted by Gasteiger charge is -2.26. The highest BCUT2D eigenvalue weighted by molar-refractivity contribution is 7.25. The summed E-state index contributed by atoms with van der Waals surface area (Å²) >= 11 is 1.86. The van der Waals surface area contributed by atoms with Gasteiger partial charge in [-0.3, -0.25) is 0 Å². The second-order valence-electron chi connectivity index (χ2n) is 11.0. The molecule has 0 saturated heterocycles. The van der Waals surface area contributed by atoms with Crippen LogP contribution in [0.1, 0.15) is 0 Å². The Labute approximate surface area is 261 Å². The van der Waals surface area contributed by atoms with Crippen molar-refractivity contribution in [1.82, 2.24) is 0 Å². The predicted octanol–water partition coefficient (Wildman–Crippen LogP) is 12.5. The Bertz CT molecular complexity index is 2180. The van der Waals surface area contributed by atoms with E-state index in [9.17, 15) is 0 Å². The molecule has 0 unspecified atom stereocenters. The molecule has 0 N–H and O–H groups in total. The van der Waals surface area contributed by atoms with E-state index in [4.69, 9.17) is 0 Å². The summed E-state index contributed by atoms with van der Waals surface area (Å²) in [6.45, 7) is 0. The zero-order chi connectivity index (χ0) is 29.3. The maximum absolute atomic E-state index is 2.36. The van der Waals surface area contributed by atoms with Gasteiger partial charge in [0.05, 0.1) is 0 Å². The van der Waals surface area contributed by atoms with Crippen molar-refractivity contribution < 1.29 is 0 Å². The van der Waals surface area contributed by atoms with Crippen molar-refractivity contribution in [3.8, 4) is 33.4 Å². The summed E-state index contributed by atoms with van der Waals surface area (Å²) < 4.78 is 2.62. The number of fused-ring (bicyclic) bond motifs is 3. The molecule has 1 nitrogen and oxygen atoms in total. The summed E-state index contributed by atoms with van der Waals surface area (Å²) in [6.07, 6.45) is 0. The number of nitrogens with zero attached hydrogens (tertiary/aromatic N) is 1. The zero-order valence-corrected chi connectivity index (χ0v) is 24.9. The van der Waals surface area contributed by atoms with Gasteiger partial charge < -0.3 is 4.90 Å². The standard InChI is InChI=1S/C42H29NS/c1-3-9-30(10-4-1)32-15-17-33(18-16-32)35-21-25-37(26-22-35)43(36-23-19-34(20-24-36)31-11-5-2-6-12-31)38-27-28-40-39-13-7-8-14-41(39)44-42(40)29-38/h1-29H. The van der Waals surface area contributed by atoms with Gasteiger partial charge in [-0.05, 0) is 75.8 Å². The van der Waals surface area contributed by atoms with Gasteiger partial charge in [0.25, 0.3) is 0 Å². The van der Waals surface area contributed by atoms with Crippen LogP contribution in [0, 0.1) is 0 Å². The van der Waals surface area contributed by atoms with E-state index in [1.807, 2.05) is 11.3 Å². The zero-order valence-electron chi connectivity index (χ0n) is 24.1. The highest BCUT2D eigenvalue weighted by Crippen LogP contribution is 2.41. The Hall–Kier alpha value is -5.44. The first-order valence-electron chi connectivity index (χ1n) is 14.9. The van der Waals surface area contributed by atoms with Crippen LogP contribution >= 0.6 is 11.3 Å². The van der Waals surface area contributed by atoms with Crippen molar-refractivity contribution in [3.63, 3.8) is 0 Å². The molecule has 0 aliphatic rings. The minimum Gasteiger partial charge on any atom is -0.310 e. The second-order valence-corrected chi connectivity index (χ2v) is 12.1. The Kier molecular flexibility index (Phi) is 6.75. The second kappa shape index (κ2) is 11.3. The molecule has 8 aromatic rings. The molecule has 0 bridgehead atoms. The SMILES string of the molecule is c1ccc(-c2ccc(-c3ccc(N(c4ccc(-c5ccccc5)cc4)c4ccc5c(c4)sc4ccccc45)cc3)cc2)cc1. The average molecular weight is 580 g/mol. The van der Waals surface area contributed by atoms with Gasteiger partial charge >= 0.3 is 0 Å². The maximum Gasteiger partial charge on any atom is 0.0476 e. The van der Waals surface area contributed by atoms with Crippen LogP contribution in [0.4, 0.5) is 17.1 Å². The van der Waals surface area contributed by atoms with Crippen LogP contribution in [0.5, 0.6) is 0 Å². The molecule has 44 heavy (non-hydrogen) atoms. The lowest BCUT2D eigenvalue weighted by molar-refractivity contribution is 1.29. The first-order chi connectivity index (χ1) is 21.8. The summed E-state index contributed by atoms with van der Waals surface area (Å²) in [5.74, 6) is 0. The van der Waals surface area contributed by atoms with E-state index >= 15 is 0 Å². The molecule has 0 saturated carbocycles. The van der Waals surface area contributed by atoms with Crippen molar-refractivity contribution in [2.45, 2.75) is 0 Å². The monoisotopic (exact) mass is 579 g/mol. The first-order valence-corrected chi connectivity index (χ1v) is 15.7. The molecule has 208 valence electrons. The number of anilines is 3. The first kappa shape index (κ1) is 26.2. The fourth-order valence-corrected chi connectivity index (χ4v) is 7.16. The third kappa shape index (κ3) is 4.96. The van der Waals surface area contributed by atoms with Crippen LogP contribution in [0.2, 0.25) is 0 Å². The minimum atomic E-state index is 1.13. The number of benzene rings is 7. The molecule has 0 amide bonds. The van der Waals surface area contributed by atoms with E-state index in [1.165, 1.54) is 53.6 Å². The predicted molar refractivity (Wildman–Crippen MR) is 190 cm³/mol. The van der Waals surface area contributed by atoms with E-state index < -0.39 is 0 Å². The summed E-state index contributed by atoms with van der Waals surface area (Å²) in [7, 11) is 0. The maximum atomic E-state index is 2.36. The molecule has 0 aliphatic heterocycles. The smallest absolute Gasteiger partial charge is 0.0476 e. The van der Waals surface area contributed by atoms with E-state index in [2.05, 4.69) is 181 Å². The Morgan fingerprint density at radius 3 is 1.20 bits per heavy atom. The lowest BCUT2D eigenvalue weighted by atomic mass is 10.00. The third-order valence-corrected chi connectivity index (χ3v) is 9.44. The van der Waals surface area contributed by atoms with Crippen molar-refractivity contribution in [3.05, 3.63) is 176 Å². The van der Waals surface area contributed by atoms with Gasteiger partial charge in [0.2, 0.25) is 0 Å². The molecule has 0 atom stereocenters. The molecular weight excluding hydrogens is 551 g/mol. The van der Waals surface area contributed by atoms with Gasteiger partial charge in [-0.15, -0.1) is 11.3 Å². The van der Waals surface area contributed by atoms with Gasteiger partial charge in [0, 0.05) is 37.2 Å². The Morgan fingerprint density at radius 1 is 0.295 bits per heavy atom. The molecule has 2 heteroatoms. The number of hydrogen-bond acceptors (Lipinski definition) is 2. The van der Waals surface area contributed by atoms with Crippen molar-refractivity contribution in [1.29, 1.82) is 0 Å². The third-order valence-electron chi connectivity index (χ3n) is 8.30. The van der Waals surface area contributed by atoms with Crippen LogP contribution in [0.25, 0.3) is 53.6 Å². The summed E-state index contributed by atoms with van der Waals surface area (Å²) in [6, 6.07) is 63.3. The minimum absolute atomic E-state index is 1.13. The molecule has 1 aromatic heterocycles. The van der Waals surface area contributed by atoms with E-state index in [1.54, 1.807) is 0 Å². The van der Waals surface area contributed by atoms with Gasteiger partial charge in [-0.1, -0.05) is 133 Å². The molecule has 0 radical (unpaired) electrons. The topological polar surface area (TPSA) is 3.24 Å². The molecule has 0 aliphatic carbocycles. The van der Waals surface area contributed by atoms with Gasteiger partial charge in [-0.2, -0.15) is 0 Å². The molecule has 0 fully saturated rings. The van der Waals surface area contributed by atoms with Gasteiger partial charge in [-0.25, -0.2) is 0 Å². The molecule has 8 rings (SSSR count). The highest BCUT2D eigenvalue weighted by atomic mass is 32.1. The lowest BCUT2D eigenvalue weighted by Crippen LogP contribution is -2.09. The summed E-state index contributed by atoms with van der Waals surface area (Å²) in [4.78, 5) is 2.36. The Morgan fingerprint density at radius 2 is 0.682 bits per heavy atom. The van der Waals surface area contributed by atoms with Crippen molar-refractivity contribution >= 4 is 48.6 Å². The number of hydrogen-bond donors (Lipinski definition) is 0. The van der Waals surface area contributed by atoms with E-state index in [-0.39, 0.29) is 0 Å². The average Bonchev–Trinajstić information content (AvgIpc) is 3.48. The van der Waals surface area contributed by atoms with Crippen LogP contribution in [0.3, 0.4) is 0 Å². The normalized spacial score (nSPS) is 11.2. The van der Waals surface area contributed by atoms with Crippen LogP contribution in [-0.2, 0) is 0 Å². The van der Waals surface area contributed by atoms with Crippen LogP contribution in [-0.4, -0.2) is 0 Å². The van der Waals surface area contributed by atoms with E-state index in [0.29, 0.717) is 0 Å². The molecule has 0 spiro atoms. The molecule has 7 aromatic carbocycles. The van der Waals surface area contributed by atoms with E-state index in [0.717, 1.165) is 17.1 Å². The molecule has 1 heterocycles. The fraction of sp³-hybridized carbons (Fsp3) is 0. The van der Waals surface area contributed by atoms with Crippen LogP contribution < -0.4 is 4.90 Å². The Balaban J connectivity index is 1.18. The summed E-state index contributed by atoms with van der Waals surface area (Å²) in [5, 5.41) is 2.63. The van der Waals surface area contributed by atoms with Gasteiger partial charge in [0.1, 0.15) is 0 Å².